The molecule has 2 N–H and O–H groups in total. The second-order valence-corrected chi connectivity index (χ2v) is 9.34. The van der Waals surface area contributed by atoms with Gasteiger partial charge in [0.25, 0.3) is 0 Å². The maximum atomic E-state index is 15.1. The van der Waals surface area contributed by atoms with Crippen molar-refractivity contribution in [3.8, 4) is 33.2 Å². The van der Waals surface area contributed by atoms with E-state index in [1.54, 1.807) is 29.9 Å². The Kier molecular flexibility index (Phi) is 4.93. The number of nitrogens with zero attached hydrogens (tertiary/aromatic N) is 5. The van der Waals surface area contributed by atoms with Crippen LogP contribution in [0.4, 0.5) is 4.39 Å². The Balaban J connectivity index is 1.48. The van der Waals surface area contributed by atoms with Crippen LogP contribution in [0.1, 0.15) is 5.56 Å². The van der Waals surface area contributed by atoms with Gasteiger partial charge in [-0.25, -0.2) is 9.37 Å². The predicted molar refractivity (Wildman–Crippen MR) is 133 cm³/mol. The summed E-state index contributed by atoms with van der Waals surface area (Å²) < 4.78 is 15.1. The van der Waals surface area contributed by atoms with E-state index in [2.05, 4.69) is 30.0 Å². The number of aromatic nitrogens is 6. The van der Waals surface area contributed by atoms with Gasteiger partial charge in [0.1, 0.15) is 22.7 Å². The van der Waals surface area contributed by atoms with Crippen LogP contribution in [0, 0.1) is 5.82 Å². The molecule has 9 heteroatoms. The average molecular weight is 470 g/mol. The van der Waals surface area contributed by atoms with E-state index in [-0.39, 0.29) is 5.82 Å². The van der Waals surface area contributed by atoms with Crippen molar-refractivity contribution in [2.75, 3.05) is 14.1 Å². The van der Waals surface area contributed by atoms with Gasteiger partial charge in [-0.05, 0) is 49.3 Å². The zero-order valence-electron chi connectivity index (χ0n) is 18.5. The molecule has 0 fully saturated rings. The van der Waals surface area contributed by atoms with Crippen LogP contribution in [0.3, 0.4) is 0 Å². The highest BCUT2D eigenvalue weighted by atomic mass is 32.1. The van der Waals surface area contributed by atoms with Gasteiger partial charge in [-0.2, -0.15) is 5.10 Å². The Morgan fingerprint density at radius 3 is 2.79 bits per heavy atom. The maximum Gasteiger partial charge on any atom is 0.159 e. The smallest absolute Gasteiger partial charge is 0.159 e. The summed E-state index contributed by atoms with van der Waals surface area (Å²) in [5.74, 6) is 0.268. The molecule has 5 heterocycles. The Hall–Kier alpha value is -3.95. The third-order valence-electron chi connectivity index (χ3n) is 5.63. The monoisotopic (exact) mass is 469 g/mol. The molecule has 5 aromatic heterocycles. The molecule has 0 radical (unpaired) electrons. The molecule has 0 saturated heterocycles. The van der Waals surface area contributed by atoms with Crippen molar-refractivity contribution in [1.29, 1.82) is 0 Å². The van der Waals surface area contributed by atoms with Crippen LogP contribution in [-0.2, 0) is 6.54 Å². The number of rotatable bonds is 5. The van der Waals surface area contributed by atoms with E-state index in [4.69, 9.17) is 4.98 Å². The first-order valence-electron chi connectivity index (χ1n) is 10.7. The van der Waals surface area contributed by atoms with Gasteiger partial charge >= 0.3 is 0 Å². The maximum absolute atomic E-state index is 15.1. The molecule has 7 nitrogen and oxygen atoms in total. The van der Waals surface area contributed by atoms with E-state index >= 15 is 4.39 Å². The number of halogens is 1. The van der Waals surface area contributed by atoms with Crippen molar-refractivity contribution in [3.63, 3.8) is 0 Å². The molecule has 0 unspecified atom stereocenters. The Labute approximate surface area is 198 Å². The number of hydrogen-bond donors (Lipinski definition) is 2. The minimum atomic E-state index is -0.333. The minimum Gasteiger partial charge on any atom is -0.336 e. The fourth-order valence-corrected chi connectivity index (χ4v) is 4.89. The van der Waals surface area contributed by atoms with Gasteiger partial charge in [-0.15, -0.1) is 11.3 Å². The predicted octanol–water partition coefficient (Wildman–Crippen LogP) is 5.49. The van der Waals surface area contributed by atoms with Crippen LogP contribution >= 0.6 is 11.3 Å². The van der Waals surface area contributed by atoms with Crippen LogP contribution in [0.15, 0.2) is 60.4 Å². The van der Waals surface area contributed by atoms with Gasteiger partial charge in [0.05, 0.1) is 15.9 Å². The van der Waals surface area contributed by atoms with Gasteiger partial charge in [0.15, 0.2) is 5.82 Å². The number of hydrogen-bond acceptors (Lipinski definition) is 6. The molecule has 0 aliphatic rings. The molecule has 0 bridgehead atoms. The summed E-state index contributed by atoms with van der Waals surface area (Å²) in [5, 5.41) is 10.2. The molecule has 0 atom stereocenters. The van der Waals surface area contributed by atoms with Crippen LogP contribution in [0.2, 0.25) is 0 Å². The lowest BCUT2D eigenvalue weighted by Crippen LogP contribution is -2.10. The number of pyridine rings is 2. The van der Waals surface area contributed by atoms with Gasteiger partial charge in [-0.3, -0.25) is 15.1 Å². The zero-order chi connectivity index (χ0) is 23.2. The van der Waals surface area contributed by atoms with E-state index < -0.39 is 0 Å². The molecule has 0 amide bonds. The zero-order valence-corrected chi connectivity index (χ0v) is 19.3. The van der Waals surface area contributed by atoms with E-state index in [1.165, 1.54) is 6.07 Å². The quantitative estimate of drug-likeness (QED) is 0.349. The highest BCUT2D eigenvalue weighted by Gasteiger charge is 2.18. The summed E-state index contributed by atoms with van der Waals surface area (Å²) in [4.78, 5) is 20.1. The highest BCUT2D eigenvalue weighted by Crippen LogP contribution is 2.34. The first-order chi connectivity index (χ1) is 16.6. The number of nitrogens with one attached hydrogen (secondary N) is 2. The van der Waals surface area contributed by atoms with Gasteiger partial charge in [0.2, 0.25) is 0 Å². The molecule has 0 spiro atoms. The minimum absolute atomic E-state index is 0.333. The third-order valence-corrected chi connectivity index (χ3v) is 6.51. The van der Waals surface area contributed by atoms with Crippen molar-refractivity contribution in [1.82, 2.24) is 35.0 Å². The Bertz CT molecular complexity index is 1630. The lowest BCUT2D eigenvalue weighted by molar-refractivity contribution is 0.402. The molecule has 0 aliphatic heterocycles. The first-order valence-corrected chi connectivity index (χ1v) is 11.6. The number of imidazole rings is 1. The summed E-state index contributed by atoms with van der Waals surface area (Å²) >= 11 is 1.62. The van der Waals surface area contributed by atoms with Crippen LogP contribution in [0.5, 0.6) is 0 Å². The second-order valence-electron chi connectivity index (χ2n) is 8.39. The summed E-state index contributed by atoms with van der Waals surface area (Å²) in [6, 6.07) is 11.2. The summed E-state index contributed by atoms with van der Waals surface area (Å²) in [6.45, 7) is 0.723. The van der Waals surface area contributed by atoms with E-state index in [9.17, 15) is 0 Å². The average Bonchev–Trinajstić information content (AvgIpc) is 3.57. The van der Waals surface area contributed by atoms with Gasteiger partial charge in [-0.1, -0.05) is 6.07 Å². The molecule has 168 valence electrons. The number of thiophene rings is 1. The molecule has 34 heavy (non-hydrogen) atoms. The fourth-order valence-electron chi connectivity index (χ4n) is 4.17. The van der Waals surface area contributed by atoms with E-state index in [1.807, 2.05) is 49.8 Å². The third kappa shape index (κ3) is 3.55. The number of benzene rings is 1. The summed E-state index contributed by atoms with van der Waals surface area (Å²) in [7, 11) is 3.98. The fraction of sp³-hybridized carbons (Fsp3) is 0.120. The SMILES string of the molecule is CN(C)Cc1cncc(-c2cc3c(-c4nc5c(-c6cccs6)nccc5[nH]4)n[nH]c3cc2F)c1. The molecule has 0 saturated carbocycles. The van der Waals surface area contributed by atoms with E-state index in [0.29, 0.717) is 22.6 Å². The van der Waals surface area contributed by atoms with Crippen LogP contribution < -0.4 is 0 Å². The standard InChI is InChI=1S/C25H20FN7S/c1-33(2)13-14-8-15(12-27-11-14)16-9-17-20(10-18(16)26)31-32-22(17)25-29-19-5-6-28-24(23(19)30-25)21-4-3-7-34-21/h3-12H,13H2,1-2H3,(H,29,30)(H,31,32). The van der Waals surface area contributed by atoms with Crippen LogP contribution in [0.25, 0.3) is 55.2 Å². The molecule has 0 aliphatic carbocycles. The second kappa shape index (κ2) is 8.12. The molecule has 6 rings (SSSR count). The molecular weight excluding hydrogens is 449 g/mol. The normalized spacial score (nSPS) is 11.8. The van der Waals surface area contributed by atoms with Crippen molar-refractivity contribution in [3.05, 3.63) is 71.7 Å². The van der Waals surface area contributed by atoms with Crippen molar-refractivity contribution >= 4 is 33.3 Å². The lowest BCUT2D eigenvalue weighted by Gasteiger charge is -2.11. The number of H-pyrrole nitrogens is 2. The van der Waals surface area contributed by atoms with Crippen molar-refractivity contribution in [2.45, 2.75) is 6.54 Å². The molecule has 6 aromatic rings. The van der Waals surface area contributed by atoms with Crippen LogP contribution in [-0.4, -0.2) is 49.1 Å². The summed E-state index contributed by atoms with van der Waals surface area (Å²) in [5.41, 5.74) is 5.91. The summed E-state index contributed by atoms with van der Waals surface area (Å²) in [6.07, 6.45) is 5.25. The van der Waals surface area contributed by atoms with Gasteiger partial charge in [0, 0.05) is 47.7 Å². The van der Waals surface area contributed by atoms with E-state index in [0.717, 1.165) is 44.7 Å². The highest BCUT2D eigenvalue weighted by molar-refractivity contribution is 7.13. The largest absolute Gasteiger partial charge is 0.336 e. The number of aromatic amines is 2. The van der Waals surface area contributed by atoms with Gasteiger partial charge < -0.3 is 9.88 Å². The van der Waals surface area contributed by atoms with Crippen molar-refractivity contribution < 1.29 is 4.39 Å². The Morgan fingerprint density at radius 2 is 1.97 bits per heavy atom. The topological polar surface area (TPSA) is 86.4 Å². The lowest BCUT2D eigenvalue weighted by atomic mass is 10.0. The number of fused-ring (bicyclic) bond motifs is 2. The molecular formula is C25H20FN7S. The van der Waals surface area contributed by atoms with Crippen molar-refractivity contribution in [2.24, 2.45) is 0 Å². The first kappa shape index (κ1) is 20.6. The molecule has 1 aromatic carbocycles. The Morgan fingerprint density at radius 1 is 1.06 bits per heavy atom.